The largest absolute Gasteiger partial charge is 0.355 e. The van der Waals surface area contributed by atoms with Crippen molar-refractivity contribution in [2.24, 2.45) is 10.9 Å². The Balaban J connectivity index is 1.46. The quantitative estimate of drug-likeness (QED) is 0.504. The Hall–Kier alpha value is -1.63. The van der Waals surface area contributed by atoms with Crippen LogP contribution in [0, 0.1) is 5.92 Å². The minimum absolute atomic E-state index is 0.540. The predicted molar refractivity (Wildman–Crippen MR) is 127 cm³/mol. The van der Waals surface area contributed by atoms with Gasteiger partial charge in [0.1, 0.15) is 0 Å². The van der Waals surface area contributed by atoms with Gasteiger partial charge in [-0.1, -0.05) is 44.2 Å². The zero-order valence-electron chi connectivity index (χ0n) is 19.5. The molecule has 0 aromatic heterocycles. The van der Waals surface area contributed by atoms with Crippen molar-refractivity contribution < 1.29 is 0 Å². The molecule has 3 rings (SSSR count). The SMILES string of the molecule is CN=C(NCC1CCCN1Cc1ccccc1)NCC(C(C)C)N1CCN(C)CC1. The number of nitrogens with zero attached hydrogens (tertiary/aromatic N) is 4. The summed E-state index contributed by atoms with van der Waals surface area (Å²) in [5, 5.41) is 7.21. The van der Waals surface area contributed by atoms with Gasteiger partial charge in [0.25, 0.3) is 0 Å². The number of likely N-dealkylation sites (tertiary alicyclic amines) is 1. The Labute approximate surface area is 183 Å². The maximum atomic E-state index is 4.50. The van der Waals surface area contributed by atoms with Crippen molar-refractivity contribution in [2.45, 2.75) is 45.3 Å². The molecule has 6 nitrogen and oxygen atoms in total. The van der Waals surface area contributed by atoms with Crippen molar-refractivity contribution in [1.82, 2.24) is 25.3 Å². The van der Waals surface area contributed by atoms with E-state index in [0.29, 0.717) is 18.0 Å². The van der Waals surface area contributed by atoms with E-state index in [9.17, 15) is 0 Å². The Morgan fingerprint density at radius 3 is 2.47 bits per heavy atom. The van der Waals surface area contributed by atoms with Crippen LogP contribution in [0.25, 0.3) is 0 Å². The normalized spacial score (nSPS) is 23.1. The van der Waals surface area contributed by atoms with Crippen LogP contribution in [0.4, 0.5) is 0 Å². The fourth-order valence-corrected chi connectivity index (χ4v) is 4.73. The highest BCUT2D eigenvalue weighted by Gasteiger charge is 2.26. The highest BCUT2D eigenvalue weighted by molar-refractivity contribution is 5.79. The van der Waals surface area contributed by atoms with Crippen LogP contribution in [-0.4, -0.2) is 92.7 Å². The summed E-state index contributed by atoms with van der Waals surface area (Å²) in [7, 11) is 4.10. The van der Waals surface area contributed by atoms with E-state index < -0.39 is 0 Å². The van der Waals surface area contributed by atoms with Crippen molar-refractivity contribution in [3.63, 3.8) is 0 Å². The molecule has 6 heteroatoms. The lowest BCUT2D eigenvalue weighted by Crippen LogP contribution is -2.55. The van der Waals surface area contributed by atoms with Crippen LogP contribution >= 0.6 is 0 Å². The highest BCUT2D eigenvalue weighted by atomic mass is 15.3. The topological polar surface area (TPSA) is 46.1 Å². The second-order valence-corrected chi connectivity index (χ2v) is 9.24. The highest BCUT2D eigenvalue weighted by Crippen LogP contribution is 2.19. The van der Waals surface area contributed by atoms with E-state index in [-0.39, 0.29) is 0 Å². The van der Waals surface area contributed by atoms with Crippen molar-refractivity contribution >= 4 is 5.96 Å². The van der Waals surface area contributed by atoms with Gasteiger partial charge in [0.15, 0.2) is 5.96 Å². The van der Waals surface area contributed by atoms with Gasteiger partial charge < -0.3 is 15.5 Å². The number of likely N-dealkylation sites (N-methyl/N-ethyl adjacent to an activating group) is 1. The van der Waals surface area contributed by atoms with Gasteiger partial charge in [0.2, 0.25) is 0 Å². The number of aliphatic imine (C=N–C) groups is 1. The van der Waals surface area contributed by atoms with Crippen molar-refractivity contribution in [1.29, 1.82) is 0 Å². The molecule has 1 aromatic carbocycles. The fraction of sp³-hybridized carbons (Fsp3) is 0.708. The van der Waals surface area contributed by atoms with Crippen LogP contribution in [0.5, 0.6) is 0 Å². The molecule has 0 saturated carbocycles. The van der Waals surface area contributed by atoms with Gasteiger partial charge in [-0.25, -0.2) is 0 Å². The van der Waals surface area contributed by atoms with E-state index in [0.717, 1.165) is 51.8 Å². The zero-order chi connectivity index (χ0) is 21.3. The minimum atomic E-state index is 0.540. The van der Waals surface area contributed by atoms with E-state index in [1.807, 2.05) is 7.05 Å². The van der Waals surface area contributed by atoms with Crippen molar-refractivity contribution in [3.8, 4) is 0 Å². The summed E-state index contributed by atoms with van der Waals surface area (Å²) in [6.07, 6.45) is 2.54. The van der Waals surface area contributed by atoms with Gasteiger partial charge in [-0.05, 0) is 37.9 Å². The van der Waals surface area contributed by atoms with Gasteiger partial charge in [-0.2, -0.15) is 0 Å². The molecular formula is C24H42N6. The first kappa shape index (κ1) is 23.0. The van der Waals surface area contributed by atoms with Crippen LogP contribution < -0.4 is 10.6 Å². The van der Waals surface area contributed by atoms with Gasteiger partial charge >= 0.3 is 0 Å². The maximum absolute atomic E-state index is 4.50. The first-order chi connectivity index (χ1) is 14.6. The fourth-order valence-electron chi connectivity index (χ4n) is 4.73. The number of rotatable bonds is 8. The number of piperazine rings is 1. The van der Waals surface area contributed by atoms with E-state index in [1.54, 1.807) is 0 Å². The summed E-state index contributed by atoms with van der Waals surface area (Å²) in [6.45, 7) is 13.4. The molecule has 168 valence electrons. The second-order valence-electron chi connectivity index (χ2n) is 9.24. The Kier molecular flexibility index (Phi) is 8.97. The van der Waals surface area contributed by atoms with E-state index in [2.05, 4.69) is 81.6 Å². The third-order valence-corrected chi connectivity index (χ3v) is 6.71. The lowest BCUT2D eigenvalue weighted by molar-refractivity contribution is 0.0900. The number of hydrogen-bond donors (Lipinski definition) is 2. The summed E-state index contributed by atoms with van der Waals surface area (Å²) in [6, 6.07) is 11.9. The minimum Gasteiger partial charge on any atom is -0.355 e. The van der Waals surface area contributed by atoms with E-state index in [4.69, 9.17) is 0 Å². The van der Waals surface area contributed by atoms with Gasteiger partial charge in [0, 0.05) is 64.9 Å². The van der Waals surface area contributed by atoms with Crippen molar-refractivity contribution in [3.05, 3.63) is 35.9 Å². The lowest BCUT2D eigenvalue weighted by Gasteiger charge is -2.40. The molecule has 0 radical (unpaired) electrons. The molecule has 2 saturated heterocycles. The molecule has 0 spiro atoms. The standard InChI is InChI=1S/C24H42N6/c1-20(2)23(29-15-13-28(4)14-16-29)18-27-24(25-3)26-17-22-11-8-12-30(22)19-21-9-6-5-7-10-21/h5-7,9-10,20,22-23H,8,11-19H2,1-4H3,(H2,25,26,27). The molecule has 2 aliphatic rings. The molecule has 2 N–H and O–H groups in total. The Morgan fingerprint density at radius 2 is 1.80 bits per heavy atom. The smallest absolute Gasteiger partial charge is 0.191 e. The van der Waals surface area contributed by atoms with E-state index in [1.165, 1.54) is 24.9 Å². The molecule has 30 heavy (non-hydrogen) atoms. The maximum Gasteiger partial charge on any atom is 0.191 e. The molecule has 2 atom stereocenters. The van der Waals surface area contributed by atoms with Crippen LogP contribution in [0.1, 0.15) is 32.3 Å². The third-order valence-electron chi connectivity index (χ3n) is 6.71. The first-order valence-electron chi connectivity index (χ1n) is 11.7. The van der Waals surface area contributed by atoms with Crippen molar-refractivity contribution in [2.75, 3.05) is 59.9 Å². The van der Waals surface area contributed by atoms with Gasteiger partial charge in [-0.3, -0.25) is 14.8 Å². The van der Waals surface area contributed by atoms with Crippen LogP contribution in [0.2, 0.25) is 0 Å². The third kappa shape index (κ3) is 6.69. The van der Waals surface area contributed by atoms with Crippen LogP contribution in [-0.2, 0) is 6.54 Å². The summed E-state index contributed by atoms with van der Waals surface area (Å²) in [5.41, 5.74) is 1.40. The van der Waals surface area contributed by atoms with Crippen LogP contribution in [0.3, 0.4) is 0 Å². The van der Waals surface area contributed by atoms with E-state index >= 15 is 0 Å². The Morgan fingerprint density at radius 1 is 1.07 bits per heavy atom. The summed E-state index contributed by atoms with van der Waals surface area (Å²) >= 11 is 0. The Bertz CT molecular complexity index is 638. The average Bonchev–Trinajstić information content (AvgIpc) is 3.19. The summed E-state index contributed by atoms with van der Waals surface area (Å²) in [5.74, 6) is 1.55. The molecule has 2 unspecified atom stereocenters. The van der Waals surface area contributed by atoms with Gasteiger partial charge in [-0.15, -0.1) is 0 Å². The number of hydrogen-bond acceptors (Lipinski definition) is 4. The molecule has 0 bridgehead atoms. The average molecular weight is 415 g/mol. The molecule has 0 aliphatic carbocycles. The lowest BCUT2D eigenvalue weighted by atomic mass is 10.0. The number of guanidine groups is 1. The molecule has 0 amide bonds. The molecule has 2 heterocycles. The number of nitrogens with one attached hydrogen (secondary N) is 2. The number of benzene rings is 1. The molecule has 2 aliphatic heterocycles. The second kappa shape index (κ2) is 11.7. The zero-order valence-corrected chi connectivity index (χ0v) is 19.5. The molecule has 2 fully saturated rings. The summed E-state index contributed by atoms with van der Waals surface area (Å²) in [4.78, 5) is 12.2. The van der Waals surface area contributed by atoms with Gasteiger partial charge in [0.05, 0.1) is 0 Å². The monoisotopic (exact) mass is 414 g/mol. The van der Waals surface area contributed by atoms with Crippen LogP contribution in [0.15, 0.2) is 35.3 Å². The molecular weight excluding hydrogens is 372 g/mol. The first-order valence-corrected chi connectivity index (χ1v) is 11.7. The predicted octanol–water partition coefficient (Wildman–Crippen LogP) is 2.09. The molecule has 1 aromatic rings. The summed E-state index contributed by atoms with van der Waals surface area (Å²) < 4.78 is 0.